The molecule has 1 aromatic heterocycles. The first-order valence-electron chi connectivity index (χ1n) is 11.4. The average molecular weight is 459 g/mol. The Kier molecular flexibility index (Phi) is 5.97. The van der Waals surface area contributed by atoms with Gasteiger partial charge in [0.05, 0.1) is 5.56 Å². The van der Waals surface area contributed by atoms with Crippen LogP contribution in [0, 0.1) is 17.6 Å². The highest BCUT2D eigenvalue weighted by atomic mass is 19.1. The molecule has 2 heterocycles. The molecule has 6 heteroatoms. The summed E-state index contributed by atoms with van der Waals surface area (Å²) in [6.07, 6.45) is 0.832. The zero-order valence-electron chi connectivity index (χ0n) is 18.6. The number of piperidine rings is 1. The molecule has 34 heavy (non-hydrogen) atoms. The van der Waals surface area contributed by atoms with Gasteiger partial charge in [0.1, 0.15) is 17.3 Å². The zero-order chi connectivity index (χ0) is 23.7. The minimum absolute atomic E-state index is 0.0880. The average Bonchev–Trinajstić information content (AvgIpc) is 3.23. The van der Waals surface area contributed by atoms with Gasteiger partial charge in [0.2, 0.25) is 0 Å². The van der Waals surface area contributed by atoms with Gasteiger partial charge in [-0.25, -0.2) is 8.78 Å². The topological polar surface area (TPSA) is 42.3 Å². The highest BCUT2D eigenvalue weighted by molar-refractivity contribution is 6.00. The van der Waals surface area contributed by atoms with Crippen molar-refractivity contribution in [2.75, 3.05) is 13.1 Å². The maximum atomic E-state index is 14.1. The van der Waals surface area contributed by atoms with E-state index < -0.39 is 23.3 Å². The third-order valence-electron chi connectivity index (χ3n) is 6.56. The molecule has 3 aromatic carbocycles. The van der Waals surface area contributed by atoms with E-state index in [9.17, 15) is 18.4 Å². The molecule has 0 aliphatic carbocycles. The molecular weight excluding hydrogens is 434 g/mol. The van der Waals surface area contributed by atoms with Crippen molar-refractivity contribution >= 4 is 22.6 Å². The summed E-state index contributed by atoms with van der Waals surface area (Å²) in [5, 5.41) is 0.994. The van der Waals surface area contributed by atoms with E-state index in [-0.39, 0.29) is 11.5 Å². The van der Waals surface area contributed by atoms with Crippen LogP contribution < -0.4 is 0 Å². The quantitative estimate of drug-likeness (QED) is 0.360. The summed E-state index contributed by atoms with van der Waals surface area (Å²) >= 11 is 0. The first-order valence-corrected chi connectivity index (χ1v) is 11.4. The van der Waals surface area contributed by atoms with Crippen molar-refractivity contribution in [3.05, 3.63) is 107 Å². The molecule has 1 saturated heterocycles. The second kappa shape index (κ2) is 9.21. The predicted molar refractivity (Wildman–Crippen MR) is 127 cm³/mol. The van der Waals surface area contributed by atoms with Gasteiger partial charge in [-0.3, -0.25) is 9.59 Å². The van der Waals surface area contributed by atoms with Crippen LogP contribution in [-0.4, -0.2) is 34.2 Å². The standard InChI is InChI=1S/C28H24F2N2O2/c29-22-10-11-24(30)23(17-22)27(33)20-12-14-31(15-13-20)28(34)26-16-21-8-4-5-9-25(21)32(26)18-19-6-2-1-3-7-19/h1-11,16-17,20H,12-15,18H2. The van der Waals surface area contributed by atoms with Crippen LogP contribution in [0.15, 0.2) is 78.9 Å². The molecule has 0 bridgehead atoms. The van der Waals surface area contributed by atoms with E-state index in [1.54, 1.807) is 4.90 Å². The molecule has 0 atom stereocenters. The molecule has 0 N–H and O–H groups in total. The number of carbonyl (C=O) groups excluding carboxylic acids is 2. The minimum atomic E-state index is -0.713. The van der Waals surface area contributed by atoms with Crippen LogP contribution in [0.5, 0.6) is 0 Å². The second-order valence-electron chi connectivity index (χ2n) is 8.72. The SMILES string of the molecule is O=C(c1cc(F)ccc1F)C1CCN(C(=O)c2cc3ccccc3n2Cc2ccccc2)CC1. The molecule has 1 aliphatic rings. The number of amides is 1. The van der Waals surface area contributed by atoms with Crippen molar-refractivity contribution in [2.45, 2.75) is 19.4 Å². The van der Waals surface area contributed by atoms with Gasteiger partial charge in [-0.2, -0.15) is 0 Å². The van der Waals surface area contributed by atoms with Crippen LogP contribution in [0.3, 0.4) is 0 Å². The number of hydrogen-bond donors (Lipinski definition) is 0. The molecule has 1 amide bonds. The molecule has 0 unspecified atom stereocenters. The summed E-state index contributed by atoms with van der Waals surface area (Å²) in [5.74, 6) is -2.27. The summed E-state index contributed by atoms with van der Waals surface area (Å²) in [4.78, 5) is 28.1. The molecule has 0 spiro atoms. The molecule has 4 nitrogen and oxygen atoms in total. The van der Waals surface area contributed by atoms with E-state index in [1.165, 1.54) is 0 Å². The van der Waals surface area contributed by atoms with E-state index in [0.717, 1.165) is 34.7 Å². The van der Waals surface area contributed by atoms with E-state index in [2.05, 4.69) is 0 Å². The fourth-order valence-corrected chi connectivity index (χ4v) is 4.74. The van der Waals surface area contributed by atoms with Crippen molar-refractivity contribution in [1.29, 1.82) is 0 Å². The Bertz CT molecular complexity index is 1360. The number of hydrogen-bond acceptors (Lipinski definition) is 2. The third-order valence-corrected chi connectivity index (χ3v) is 6.56. The molecular formula is C28H24F2N2O2. The molecule has 1 fully saturated rings. The smallest absolute Gasteiger partial charge is 0.270 e. The number of ketones is 1. The van der Waals surface area contributed by atoms with Crippen LogP contribution in [0.4, 0.5) is 8.78 Å². The van der Waals surface area contributed by atoms with Crippen molar-refractivity contribution in [1.82, 2.24) is 9.47 Å². The summed E-state index contributed by atoms with van der Waals surface area (Å²) in [6.45, 7) is 1.35. The first kappa shape index (κ1) is 22.0. The number of fused-ring (bicyclic) bond motifs is 1. The number of nitrogens with zero attached hydrogens (tertiary/aromatic N) is 2. The number of aromatic nitrogens is 1. The Morgan fingerprint density at radius 3 is 2.32 bits per heavy atom. The van der Waals surface area contributed by atoms with Crippen molar-refractivity contribution in [3.63, 3.8) is 0 Å². The largest absolute Gasteiger partial charge is 0.337 e. The number of benzene rings is 3. The van der Waals surface area contributed by atoms with Crippen molar-refractivity contribution in [2.24, 2.45) is 5.92 Å². The van der Waals surface area contributed by atoms with Crippen molar-refractivity contribution in [3.8, 4) is 0 Å². The van der Waals surface area contributed by atoms with E-state index in [4.69, 9.17) is 0 Å². The summed E-state index contributed by atoms with van der Waals surface area (Å²) in [5.41, 5.74) is 2.47. The summed E-state index contributed by atoms with van der Waals surface area (Å²) in [6, 6.07) is 22.7. The number of carbonyl (C=O) groups is 2. The Balaban J connectivity index is 1.36. The lowest BCUT2D eigenvalue weighted by Crippen LogP contribution is -2.41. The number of halogens is 2. The normalized spacial score (nSPS) is 14.5. The lowest BCUT2D eigenvalue weighted by atomic mass is 9.88. The zero-order valence-corrected chi connectivity index (χ0v) is 18.6. The van der Waals surface area contributed by atoms with Gasteiger partial charge in [0.15, 0.2) is 5.78 Å². The van der Waals surface area contributed by atoms with Gasteiger partial charge < -0.3 is 9.47 Å². The third kappa shape index (κ3) is 4.23. The van der Waals surface area contributed by atoms with Crippen LogP contribution in [0.2, 0.25) is 0 Å². The fraction of sp³-hybridized carbons (Fsp3) is 0.214. The summed E-state index contributed by atoms with van der Waals surface area (Å²) in [7, 11) is 0. The first-order chi connectivity index (χ1) is 16.5. The Morgan fingerprint density at radius 1 is 0.853 bits per heavy atom. The van der Waals surface area contributed by atoms with Gasteiger partial charge in [-0.1, -0.05) is 48.5 Å². The fourth-order valence-electron chi connectivity index (χ4n) is 4.74. The highest BCUT2D eigenvalue weighted by Crippen LogP contribution is 2.27. The lowest BCUT2D eigenvalue weighted by molar-refractivity contribution is 0.0641. The maximum Gasteiger partial charge on any atom is 0.270 e. The molecule has 1 aliphatic heterocycles. The molecule has 0 radical (unpaired) electrons. The summed E-state index contributed by atoms with van der Waals surface area (Å²) < 4.78 is 29.6. The number of para-hydroxylation sites is 1. The van der Waals surface area contributed by atoms with Crippen LogP contribution in [0.25, 0.3) is 10.9 Å². The molecule has 172 valence electrons. The van der Waals surface area contributed by atoms with Gasteiger partial charge in [-0.05, 0) is 48.7 Å². The van der Waals surface area contributed by atoms with E-state index in [1.807, 2.05) is 65.2 Å². The molecule has 4 aromatic rings. The Labute approximate surface area is 196 Å². The highest BCUT2D eigenvalue weighted by Gasteiger charge is 2.31. The van der Waals surface area contributed by atoms with Crippen LogP contribution >= 0.6 is 0 Å². The van der Waals surface area contributed by atoms with Crippen LogP contribution in [-0.2, 0) is 6.54 Å². The predicted octanol–water partition coefficient (Wildman–Crippen LogP) is 5.70. The van der Waals surface area contributed by atoms with Gasteiger partial charge in [0, 0.05) is 36.5 Å². The number of Topliss-reactive ketones (excluding diaryl/α,β-unsaturated/α-hetero) is 1. The van der Waals surface area contributed by atoms with Crippen LogP contribution in [0.1, 0.15) is 39.3 Å². The van der Waals surface area contributed by atoms with Gasteiger partial charge >= 0.3 is 0 Å². The lowest BCUT2D eigenvalue weighted by Gasteiger charge is -2.31. The molecule has 5 rings (SSSR count). The monoisotopic (exact) mass is 458 g/mol. The van der Waals surface area contributed by atoms with Gasteiger partial charge in [0.25, 0.3) is 5.91 Å². The number of rotatable bonds is 5. The van der Waals surface area contributed by atoms with E-state index in [0.29, 0.717) is 38.2 Å². The Hall–Kier alpha value is -3.80. The van der Waals surface area contributed by atoms with Gasteiger partial charge in [-0.15, -0.1) is 0 Å². The van der Waals surface area contributed by atoms with E-state index >= 15 is 0 Å². The minimum Gasteiger partial charge on any atom is -0.337 e. The number of likely N-dealkylation sites (tertiary alicyclic amines) is 1. The second-order valence-corrected chi connectivity index (χ2v) is 8.72. The molecule has 0 saturated carbocycles. The van der Waals surface area contributed by atoms with Crippen molar-refractivity contribution < 1.29 is 18.4 Å². The maximum absolute atomic E-state index is 14.1. The Morgan fingerprint density at radius 2 is 1.56 bits per heavy atom.